The third-order valence-corrected chi connectivity index (χ3v) is 7.40. The molecule has 1 aromatic rings. The van der Waals surface area contributed by atoms with Crippen LogP contribution in [0.15, 0.2) is 35.4 Å². The molecule has 2 fully saturated rings. The van der Waals surface area contributed by atoms with E-state index in [0.717, 1.165) is 12.8 Å². The summed E-state index contributed by atoms with van der Waals surface area (Å²) in [6, 6.07) is 9.12. The standard InChI is InChI=1S/C24H37NO/c1-7-8-16(2)23-17(3)21-13-14-22(26)24(21,4)15-20(23)18-9-11-19(12-10-18)25(5)6/h9-12,17,20-22,26H,7-8,13-15H2,1-6H3/b23-16-. The Morgan fingerprint density at radius 3 is 2.42 bits per heavy atom. The van der Waals surface area contributed by atoms with Gasteiger partial charge in [0.25, 0.3) is 0 Å². The SMILES string of the molecule is CCC/C(C)=C1\C(c2ccc(N(C)C)cc2)CC2(C)C(O)CCC2C1C. The molecule has 1 N–H and O–H groups in total. The minimum atomic E-state index is -0.147. The Labute approximate surface area is 160 Å². The Bertz CT molecular complexity index is 659. The van der Waals surface area contributed by atoms with Gasteiger partial charge in [-0.15, -0.1) is 0 Å². The van der Waals surface area contributed by atoms with Crippen molar-refractivity contribution >= 4 is 5.69 Å². The average molecular weight is 356 g/mol. The van der Waals surface area contributed by atoms with Crippen molar-refractivity contribution in [2.45, 2.75) is 71.8 Å². The molecule has 3 rings (SSSR count). The zero-order valence-corrected chi connectivity index (χ0v) is 17.5. The first-order chi connectivity index (χ1) is 12.3. The van der Waals surface area contributed by atoms with Gasteiger partial charge < -0.3 is 10.0 Å². The van der Waals surface area contributed by atoms with Crippen molar-refractivity contribution in [1.82, 2.24) is 0 Å². The normalized spacial score (nSPS) is 36.0. The van der Waals surface area contributed by atoms with E-state index in [1.165, 1.54) is 30.5 Å². The van der Waals surface area contributed by atoms with Gasteiger partial charge in [0.05, 0.1) is 6.10 Å². The summed E-state index contributed by atoms with van der Waals surface area (Å²) in [6.07, 6.45) is 5.48. The molecule has 5 atom stereocenters. The van der Waals surface area contributed by atoms with Gasteiger partial charge in [-0.05, 0) is 67.6 Å². The van der Waals surface area contributed by atoms with Gasteiger partial charge >= 0.3 is 0 Å². The van der Waals surface area contributed by atoms with Gasteiger partial charge in [-0.1, -0.05) is 50.5 Å². The van der Waals surface area contributed by atoms with Gasteiger partial charge in [-0.2, -0.15) is 0 Å². The van der Waals surface area contributed by atoms with Crippen molar-refractivity contribution < 1.29 is 5.11 Å². The van der Waals surface area contributed by atoms with E-state index in [2.05, 4.69) is 71.0 Å². The van der Waals surface area contributed by atoms with Crippen LogP contribution in [-0.2, 0) is 0 Å². The molecule has 2 aliphatic carbocycles. The largest absolute Gasteiger partial charge is 0.393 e. The first-order valence-electron chi connectivity index (χ1n) is 10.4. The molecule has 0 radical (unpaired) electrons. The second-order valence-corrected chi connectivity index (χ2v) is 9.22. The first-order valence-corrected chi connectivity index (χ1v) is 10.4. The fourth-order valence-corrected chi connectivity index (χ4v) is 5.94. The maximum Gasteiger partial charge on any atom is 0.0597 e. The minimum Gasteiger partial charge on any atom is -0.393 e. The van der Waals surface area contributed by atoms with Crippen molar-refractivity contribution in [1.29, 1.82) is 0 Å². The molecule has 0 heterocycles. The third kappa shape index (κ3) is 3.22. The van der Waals surface area contributed by atoms with Crippen molar-refractivity contribution in [3.8, 4) is 0 Å². The zero-order chi connectivity index (χ0) is 19.1. The predicted octanol–water partition coefficient (Wildman–Crippen LogP) is 5.77. The molecule has 0 bridgehead atoms. The van der Waals surface area contributed by atoms with Crippen LogP contribution in [-0.4, -0.2) is 25.3 Å². The molecule has 26 heavy (non-hydrogen) atoms. The summed E-state index contributed by atoms with van der Waals surface area (Å²) in [5.74, 6) is 1.63. The monoisotopic (exact) mass is 355 g/mol. The molecular formula is C24H37NO. The summed E-state index contributed by atoms with van der Waals surface area (Å²) in [4.78, 5) is 2.16. The molecule has 0 spiro atoms. The summed E-state index contributed by atoms with van der Waals surface area (Å²) in [5.41, 5.74) is 5.98. The van der Waals surface area contributed by atoms with Crippen LogP contribution in [0.25, 0.3) is 0 Å². The van der Waals surface area contributed by atoms with E-state index in [-0.39, 0.29) is 11.5 Å². The smallest absolute Gasteiger partial charge is 0.0597 e. The molecule has 0 aromatic heterocycles. The lowest BCUT2D eigenvalue weighted by Crippen LogP contribution is -2.42. The average Bonchev–Trinajstić information content (AvgIpc) is 2.90. The van der Waals surface area contributed by atoms with Gasteiger partial charge in [0, 0.05) is 25.7 Å². The fraction of sp³-hybridized carbons (Fsp3) is 0.667. The van der Waals surface area contributed by atoms with Crippen LogP contribution < -0.4 is 4.90 Å². The highest BCUT2D eigenvalue weighted by Crippen LogP contribution is 2.60. The maximum absolute atomic E-state index is 10.8. The molecule has 2 aliphatic rings. The van der Waals surface area contributed by atoms with E-state index in [1.54, 1.807) is 11.1 Å². The maximum atomic E-state index is 10.8. The summed E-state index contributed by atoms with van der Waals surface area (Å²) >= 11 is 0. The van der Waals surface area contributed by atoms with Crippen LogP contribution in [0.3, 0.4) is 0 Å². The molecule has 0 aliphatic heterocycles. The molecule has 2 heteroatoms. The highest BCUT2D eigenvalue weighted by Gasteiger charge is 2.54. The Hall–Kier alpha value is -1.28. The fourth-order valence-electron chi connectivity index (χ4n) is 5.94. The van der Waals surface area contributed by atoms with E-state index >= 15 is 0 Å². The Balaban J connectivity index is 2.04. The first kappa shape index (κ1) is 19.5. The minimum absolute atomic E-state index is 0.0559. The lowest BCUT2D eigenvalue weighted by molar-refractivity contribution is 0.00237. The van der Waals surface area contributed by atoms with Crippen molar-refractivity contribution in [3.63, 3.8) is 0 Å². The summed E-state index contributed by atoms with van der Waals surface area (Å²) in [6.45, 7) is 9.40. The Morgan fingerprint density at radius 2 is 1.85 bits per heavy atom. The topological polar surface area (TPSA) is 23.5 Å². The van der Waals surface area contributed by atoms with Crippen LogP contribution >= 0.6 is 0 Å². The number of aliphatic hydroxyl groups is 1. The van der Waals surface area contributed by atoms with E-state index in [4.69, 9.17) is 0 Å². The number of nitrogens with zero attached hydrogens (tertiary/aromatic N) is 1. The van der Waals surface area contributed by atoms with Gasteiger partial charge in [0.15, 0.2) is 0 Å². The van der Waals surface area contributed by atoms with Gasteiger partial charge in [0.2, 0.25) is 0 Å². The van der Waals surface area contributed by atoms with Crippen LogP contribution in [0, 0.1) is 17.3 Å². The number of benzene rings is 1. The summed E-state index contributed by atoms with van der Waals surface area (Å²) in [5, 5.41) is 10.8. The summed E-state index contributed by atoms with van der Waals surface area (Å²) < 4.78 is 0. The quantitative estimate of drug-likeness (QED) is 0.693. The van der Waals surface area contributed by atoms with Crippen LogP contribution in [0.4, 0.5) is 5.69 Å². The lowest BCUT2D eigenvalue weighted by atomic mass is 9.56. The number of anilines is 1. The molecule has 5 unspecified atom stereocenters. The number of hydrogen-bond acceptors (Lipinski definition) is 2. The molecule has 144 valence electrons. The van der Waals surface area contributed by atoms with Gasteiger partial charge in [-0.3, -0.25) is 0 Å². The molecule has 0 saturated heterocycles. The second-order valence-electron chi connectivity index (χ2n) is 9.22. The third-order valence-electron chi connectivity index (χ3n) is 7.40. The van der Waals surface area contributed by atoms with Crippen LogP contribution in [0.5, 0.6) is 0 Å². The van der Waals surface area contributed by atoms with Crippen molar-refractivity contribution in [2.75, 3.05) is 19.0 Å². The molecular weight excluding hydrogens is 318 g/mol. The van der Waals surface area contributed by atoms with Gasteiger partial charge in [-0.25, -0.2) is 0 Å². The number of rotatable bonds is 4. The molecule has 1 aromatic carbocycles. The summed E-state index contributed by atoms with van der Waals surface area (Å²) in [7, 11) is 4.18. The van der Waals surface area contributed by atoms with Crippen LogP contribution in [0.2, 0.25) is 0 Å². The number of fused-ring (bicyclic) bond motifs is 1. The van der Waals surface area contributed by atoms with E-state index in [0.29, 0.717) is 17.8 Å². The lowest BCUT2D eigenvalue weighted by Gasteiger charge is -2.48. The Morgan fingerprint density at radius 1 is 1.19 bits per heavy atom. The molecule has 2 saturated carbocycles. The predicted molar refractivity (Wildman–Crippen MR) is 112 cm³/mol. The van der Waals surface area contributed by atoms with Crippen molar-refractivity contribution in [3.05, 3.63) is 41.0 Å². The van der Waals surface area contributed by atoms with Gasteiger partial charge in [0.1, 0.15) is 0 Å². The molecule has 2 nitrogen and oxygen atoms in total. The molecule has 0 amide bonds. The zero-order valence-electron chi connectivity index (χ0n) is 17.5. The second kappa shape index (κ2) is 7.38. The number of allylic oxidation sites excluding steroid dienone is 2. The highest BCUT2D eigenvalue weighted by atomic mass is 16.3. The van der Waals surface area contributed by atoms with E-state index in [9.17, 15) is 5.11 Å². The highest BCUT2D eigenvalue weighted by molar-refractivity contribution is 5.48. The number of hydrogen-bond donors (Lipinski definition) is 1. The van der Waals surface area contributed by atoms with Crippen molar-refractivity contribution in [2.24, 2.45) is 17.3 Å². The number of aliphatic hydroxyl groups excluding tert-OH is 1. The van der Waals surface area contributed by atoms with E-state index < -0.39 is 0 Å². The van der Waals surface area contributed by atoms with Crippen LogP contribution in [0.1, 0.15) is 71.3 Å². The Kier molecular flexibility index (Phi) is 5.53. The van der Waals surface area contributed by atoms with E-state index in [1.807, 2.05) is 0 Å².